The molecule has 0 spiro atoms. The van der Waals surface area contributed by atoms with Gasteiger partial charge in [0.15, 0.2) is 0 Å². The molecule has 6 nitrogen and oxygen atoms in total. The van der Waals surface area contributed by atoms with E-state index < -0.39 is 5.60 Å². The lowest BCUT2D eigenvalue weighted by atomic mass is 10.1. The highest BCUT2D eigenvalue weighted by molar-refractivity contribution is 9.10. The maximum absolute atomic E-state index is 12.2. The number of nitrogens with one attached hydrogen (secondary N) is 1. The fourth-order valence-corrected chi connectivity index (χ4v) is 3.76. The molecule has 0 aliphatic carbocycles. The molecule has 1 N–H and O–H groups in total. The van der Waals surface area contributed by atoms with Crippen LogP contribution in [-0.2, 0) is 11.2 Å². The van der Waals surface area contributed by atoms with Gasteiger partial charge >= 0.3 is 6.09 Å². The van der Waals surface area contributed by atoms with E-state index in [0.29, 0.717) is 19.0 Å². The largest absolute Gasteiger partial charge is 0.444 e. The number of fused-ring (bicyclic) bond motifs is 1. The van der Waals surface area contributed by atoms with Crippen LogP contribution in [0.3, 0.4) is 0 Å². The second kappa shape index (κ2) is 8.00. The molecule has 27 heavy (non-hydrogen) atoms. The number of ether oxygens (including phenoxy) is 1. The molecule has 1 amide bonds. The molecule has 0 radical (unpaired) electrons. The van der Waals surface area contributed by atoms with Gasteiger partial charge in [0.2, 0.25) is 5.95 Å². The van der Waals surface area contributed by atoms with E-state index in [1.54, 1.807) is 4.90 Å². The highest BCUT2D eigenvalue weighted by Crippen LogP contribution is 2.24. The fraction of sp³-hybridized carbons (Fsp3) is 0.550. The van der Waals surface area contributed by atoms with Gasteiger partial charge in [0, 0.05) is 35.2 Å². The molecule has 1 aliphatic heterocycles. The molecular formula is C20H27BrN4O2. The van der Waals surface area contributed by atoms with E-state index in [-0.39, 0.29) is 12.1 Å². The lowest BCUT2D eigenvalue weighted by Gasteiger charge is -2.33. The summed E-state index contributed by atoms with van der Waals surface area (Å²) in [5.41, 5.74) is 1.73. The number of benzene rings is 1. The molecule has 1 aromatic carbocycles. The summed E-state index contributed by atoms with van der Waals surface area (Å²) in [5.74, 6) is 0.648. The van der Waals surface area contributed by atoms with Crippen LogP contribution in [0.25, 0.3) is 10.9 Å². The Morgan fingerprint density at radius 3 is 2.67 bits per heavy atom. The van der Waals surface area contributed by atoms with E-state index in [0.717, 1.165) is 34.6 Å². The van der Waals surface area contributed by atoms with Gasteiger partial charge in [-0.2, -0.15) is 0 Å². The second-order valence-electron chi connectivity index (χ2n) is 7.94. The highest BCUT2D eigenvalue weighted by atomic mass is 79.9. The number of nitrogens with zero attached hydrogens (tertiary/aromatic N) is 3. The summed E-state index contributed by atoms with van der Waals surface area (Å²) in [6.07, 6.45) is 4.25. The minimum atomic E-state index is -0.461. The summed E-state index contributed by atoms with van der Waals surface area (Å²) in [6.45, 7) is 9.14. The van der Waals surface area contributed by atoms with Gasteiger partial charge in [-0.3, -0.25) is 0 Å². The monoisotopic (exact) mass is 434 g/mol. The van der Waals surface area contributed by atoms with E-state index in [1.807, 2.05) is 33.0 Å². The first kappa shape index (κ1) is 19.9. The summed E-state index contributed by atoms with van der Waals surface area (Å²) >= 11 is 3.54. The number of carbonyl (C=O) groups is 1. The number of halogens is 1. The third kappa shape index (κ3) is 5.09. The number of piperidine rings is 1. The standard InChI is InChI=1S/C20H27BrN4O2/c1-5-13-10-15(21)11-14-12-22-18(24-17(13)14)23-16-6-8-25(9-7-16)19(26)27-20(2,3)4/h10-12,16H,5-9H2,1-4H3,(H,22,23,24). The number of aromatic nitrogens is 2. The van der Waals surface area contributed by atoms with Crippen LogP contribution in [0.1, 0.15) is 46.1 Å². The predicted molar refractivity (Wildman–Crippen MR) is 111 cm³/mol. The quantitative estimate of drug-likeness (QED) is 0.753. The SMILES string of the molecule is CCc1cc(Br)cc2cnc(NC3CCN(C(=O)OC(C)(C)C)CC3)nc12. The van der Waals surface area contributed by atoms with Crippen molar-refractivity contribution in [2.45, 2.75) is 58.6 Å². The Labute approximate surface area is 168 Å². The Balaban J connectivity index is 1.64. The summed E-state index contributed by atoms with van der Waals surface area (Å²) in [4.78, 5) is 23.2. The van der Waals surface area contributed by atoms with Crippen molar-refractivity contribution in [3.63, 3.8) is 0 Å². The van der Waals surface area contributed by atoms with Gasteiger partial charge in [-0.1, -0.05) is 22.9 Å². The number of likely N-dealkylation sites (tertiary alicyclic amines) is 1. The zero-order valence-electron chi connectivity index (χ0n) is 16.4. The lowest BCUT2D eigenvalue weighted by molar-refractivity contribution is 0.0210. The number of anilines is 1. The average molecular weight is 435 g/mol. The molecule has 7 heteroatoms. The smallest absolute Gasteiger partial charge is 0.410 e. The van der Waals surface area contributed by atoms with E-state index in [9.17, 15) is 4.79 Å². The van der Waals surface area contributed by atoms with Crippen LogP contribution in [0.5, 0.6) is 0 Å². The average Bonchev–Trinajstić information content (AvgIpc) is 2.60. The van der Waals surface area contributed by atoms with Crippen LogP contribution >= 0.6 is 15.9 Å². The second-order valence-corrected chi connectivity index (χ2v) is 8.85. The van der Waals surface area contributed by atoms with E-state index in [2.05, 4.69) is 39.2 Å². The van der Waals surface area contributed by atoms with Crippen LogP contribution in [-0.4, -0.2) is 45.7 Å². The molecule has 2 aromatic rings. The van der Waals surface area contributed by atoms with Crippen LogP contribution in [0.2, 0.25) is 0 Å². The molecule has 0 bridgehead atoms. The molecule has 1 aliphatic rings. The summed E-state index contributed by atoms with van der Waals surface area (Å²) in [6, 6.07) is 4.40. The van der Waals surface area contributed by atoms with Gasteiger partial charge in [0.05, 0.1) is 5.52 Å². The first-order valence-corrected chi connectivity index (χ1v) is 10.2. The zero-order valence-corrected chi connectivity index (χ0v) is 18.0. The molecule has 1 aromatic heterocycles. The molecule has 2 heterocycles. The van der Waals surface area contributed by atoms with Crippen molar-refractivity contribution < 1.29 is 9.53 Å². The number of rotatable bonds is 3. The maximum Gasteiger partial charge on any atom is 0.410 e. The Morgan fingerprint density at radius 2 is 2.04 bits per heavy atom. The summed E-state index contributed by atoms with van der Waals surface area (Å²) < 4.78 is 6.50. The van der Waals surface area contributed by atoms with Gasteiger partial charge in [0.1, 0.15) is 5.60 Å². The number of aryl methyl sites for hydroxylation is 1. The lowest BCUT2D eigenvalue weighted by Crippen LogP contribution is -2.44. The van der Waals surface area contributed by atoms with Gasteiger partial charge in [-0.05, 0) is 57.7 Å². The summed E-state index contributed by atoms with van der Waals surface area (Å²) in [5, 5.41) is 4.47. The van der Waals surface area contributed by atoms with E-state index in [1.165, 1.54) is 5.56 Å². The predicted octanol–water partition coefficient (Wildman–Crippen LogP) is 4.77. The molecule has 1 fully saturated rings. The van der Waals surface area contributed by atoms with Gasteiger partial charge in [-0.25, -0.2) is 14.8 Å². The van der Waals surface area contributed by atoms with Gasteiger partial charge < -0.3 is 15.0 Å². The van der Waals surface area contributed by atoms with Crippen molar-refractivity contribution >= 4 is 38.9 Å². The van der Waals surface area contributed by atoms with Crippen molar-refractivity contribution in [3.05, 3.63) is 28.4 Å². The third-order valence-electron chi connectivity index (χ3n) is 4.59. The minimum Gasteiger partial charge on any atom is -0.444 e. The van der Waals surface area contributed by atoms with Crippen molar-refractivity contribution in [1.82, 2.24) is 14.9 Å². The van der Waals surface area contributed by atoms with Crippen molar-refractivity contribution in [1.29, 1.82) is 0 Å². The normalized spacial score (nSPS) is 15.8. The first-order valence-electron chi connectivity index (χ1n) is 9.45. The van der Waals surface area contributed by atoms with Crippen molar-refractivity contribution in [3.8, 4) is 0 Å². The number of carbonyl (C=O) groups excluding carboxylic acids is 1. The van der Waals surface area contributed by atoms with Crippen LogP contribution < -0.4 is 5.32 Å². The Morgan fingerprint density at radius 1 is 1.33 bits per heavy atom. The van der Waals surface area contributed by atoms with Gasteiger partial charge in [-0.15, -0.1) is 0 Å². The maximum atomic E-state index is 12.2. The molecular weight excluding hydrogens is 408 g/mol. The van der Waals surface area contributed by atoms with Crippen LogP contribution in [0.4, 0.5) is 10.7 Å². The highest BCUT2D eigenvalue weighted by Gasteiger charge is 2.27. The Kier molecular flexibility index (Phi) is 5.89. The molecule has 0 unspecified atom stereocenters. The van der Waals surface area contributed by atoms with Crippen LogP contribution in [0.15, 0.2) is 22.8 Å². The molecule has 1 saturated heterocycles. The topological polar surface area (TPSA) is 67.4 Å². The first-order chi connectivity index (χ1) is 12.7. The fourth-order valence-electron chi connectivity index (χ4n) is 3.23. The Bertz CT molecular complexity index is 827. The molecule has 0 saturated carbocycles. The van der Waals surface area contributed by atoms with E-state index in [4.69, 9.17) is 9.72 Å². The van der Waals surface area contributed by atoms with Crippen LogP contribution in [0, 0.1) is 0 Å². The number of hydrogen-bond donors (Lipinski definition) is 1. The molecule has 3 rings (SSSR count). The molecule has 0 atom stereocenters. The van der Waals surface area contributed by atoms with Crippen molar-refractivity contribution in [2.24, 2.45) is 0 Å². The summed E-state index contributed by atoms with van der Waals surface area (Å²) in [7, 11) is 0. The minimum absolute atomic E-state index is 0.235. The zero-order chi connectivity index (χ0) is 19.6. The molecule has 146 valence electrons. The van der Waals surface area contributed by atoms with Crippen molar-refractivity contribution in [2.75, 3.05) is 18.4 Å². The number of hydrogen-bond acceptors (Lipinski definition) is 5. The number of amides is 1. The van der Waals surface area contributed by atoms with Gasteiger partial charge in [0.25, 0.3) is 0 Å². The van der Waals surface area contributed by atoms with E-state index >= 15 is 0 Å². The Hall–Kier alpha value is -1.89. The third-order valence-corrected chi connectivity index (χ3v) is 5.05.